The summed E-state index contributed by atoms with van der Waals surface area (Å²) in [7, 11) is -3.09. The number of carbonyl (C=O) groups excluding carboxylic acids is 1. The van der Waals surface area contributed by atoms with Gasteiger partial charge in [-0.25, -0.2) is 8.42 Å². The maximum Gasteiger partial charge on any atom is 0.214 e. The summed E-state index contributed by atoms with van der Waals surface area (Å²) in [5, 5.41) is 1.02. The van der Waals surface area contributed by atoms with Crippen LogP contribution in [0.25, 0.3) is 0 Å². The Labute approximate surface area is 52.7 Å². The van der Waals surface area contributed by atoms with Gasteiger partial charge in [0.15, 0.2) is 9.84 Å². The van der Waals surface area contributed by atoms with E-state index in [-0.39, 0.29) is 5.88 Å². The third-order valence-corrected chi connectivity index (χ3v) is 2.12. The van der Waals surface area contributed by atoms with Crippen LogP contribution >= 0.6 is 0 Å². The summed E-state index contributed by atoms with van der Waals surface area (Å²) in [6.07, 6.45) is 1.71. The standard InChI is InChI=1S/C4H5NO3S/c6-3-5-1-2-9(7,8)4-5/h1-3H,4H2. The fraction of sp³-hybridized carbons (Fsp3) is 0.250. The Morgan fingerprint density at radius 2 is 2.22 bits per heavy atom. The molecule has 1 aliphatic heterocycles. The molecule has 0 spiro atoms. The summed E-state index contributed by atoms with van der Waals surface area (Å²) in [5.74, 6) is -0.212. The number of amides is 1. The molecule has 1 amide bonds. The molecule has 0 N–H and O–H groups in total. The zero-order valence-electron chi connectivity index (χ0n) is 4.52. The molecule has 1 heterocycles. The van der Waals surface area contributed by atoms with Gasteiger partial charge in [-0.15, -0.1) is 0 Å². The quantitative estimate of drug-likeness (QED) is 0.461. The molecule has 50 valence electrons. The van der Waals surface area contributed by atoms with E-state index in [1.165, 1.54) is 6.20 Å². The predicted octanol–water partition coefficient (Wildman–Crippen LogP) is -0.698. The fourth-order valence-electron chi connectivity index (χ4n) is 0.530. The number of hydrogen-bond donors (Lipinski definition) is 0. The van der Waals surface area contributed by atoms with E-state index in [9.17, 15) is 13.2 Å². The average molecular weight is 147 g/mol. The second-order valence-corrected chi connectivity index (χ2v) is 3.55. The molecule has 9 heavy (non-hydrogen) atoms. The van der Waals surface area contributed by atoms with Gasteiger partial charge in [0.1, 0.15) is 5.88 Å². The summed E-state index contributed by atoms with van der Waals surface area (Å²) in [6.45, 7) is 0. The van der Waals surface area contributed by atoms with Gasteiger partial charge in [0.25, 0.3) is 0 Å². The molecule has 0 atom stereocenters. The zero-order chi connectivity index (χ0) is 6.91. The largest absolute Gasteiger partial charge is 0.306 e. The first kappa shape index (κ1) is 6.28. The van der Waals surface area contributed by atoms with Gasteiger partial charge in [0.05, 0.1) is 0 Å². The normalized spacial score (nSPS) is 22.4. The van der Waals surface area contributed by atoms with Crippen LogP contribution in [0.5, 0.6) is 0 Å². The van der Waals surface area contributed by atoms with Crippen LogP contribution in [0.15, 0.2) is 11.6 Å². The second-order valence-electron chi connectivity index (χ2n) is 1.70. The first-order chi connectivity index (χ1) is 4.14. The molecule has 5 heteroatoms. The summed E-state index contributed by atoms with van der Waals surface area (Å²) < 4.78 is 21.0. The SMILES string of the molecule is O=CN1C=CS(=O)(=O)C1. The highest BCUT2D eigenvalue weighted by Gasteiger charge is 2.16. The Morgan fingerprint density at radius 1 is 1.56 bits per heavy atom. The Hall–Kier alpha value is -0.840. The lowest BCUT2D eigenvalue weighted by Crippen LogP contribution is -2.15. The van der Waals surface area contributed by atoms with E-state index < -0.39 is 9.84 Å². The van der Waals surface area contributed by atoms with Crippen molar-refractivity contribution in [1.82, 2.24) is 4.90 Å². The molecule has 0 radical (unpaired) electrons. The van der Waals surface area contributed by atoms with Gasteiger partial charge in [-0.3, -0.25) is 4.79 Å². The van der Waals surface area contributed by atoms with Gasteiger partial charge in [-0.05, 0) is 0 Å². The van der Waals surface area contributed by atoms with E-state index in [1.54, 1.807) is 0 Å². The molecule has 0 saturated carbocycles. The maximum atomic E-state index is 10.5. The van der Waals surface area contributed by atoms with Crippen molar-refractivity contribution in [3.8, 4) is 0 Å². The number of hydrogen-bond acceptors (Lipinski definition) is 3. The van der Waals surface area contributed by atoms with Crippen molar-refractivity contribution in [2.45, 2.75) is 0 Å². The van der Waals surface area contributed by atoms with E-state index in [0.29, 0.717) is 6.41 Å². The maximum absolute atomic E-state index is 10.5. The van der Waals surface area contributed by atoms with Crippen molar-refractivity contribution >= 4 is 16.2 Å². The molecule has 0 fully saturated rings. The van der Waals surface area contributed by atoms with Gasteiger partial charge in [0, 0.05) is 11.6 Å². The van der Waals surface area contributed by atoms with Crippen LogP contribution < -0.4 is 0 Å². The molecule has 0 bridgehead atoms. The summed E-state index contributed by atoms with van der Waals surface area (Å²) >= 11 is 0. The van der Waals surface area contributed by atoms with E-state index in [4.69, 9.17) is 0 Å². The minimum absolute atomic E-state index is 0.212. The highest BCUT2D eigenvalue weighted by atomic mass is 32.2. The molecule has 1 aliphatic rings. The average Bonchev–Trinajstić information content (AvgIpc) is 2.10. The fourth-order valence-corrected chi connectivity index (χ4v) is 1.52. The minimum Gasteiger partial charge on any atom is -0.306 e. The van der Waals surface area contributed by atoms with Crippen LogP contribution in [0.4, 0.5) is 0 Å². The molecule has 0 unspecified atom stereocenters. The Kier molecular flexibility index (Phi) is 1.28. The monoisotopic (exact) mass is 147 g/mol. The number of carbonyl (C=O) groups is 1. The molecule has 0 aliphatic carbocycles. The molecular weight excluding hydrogens is 142 g/mol. The molecule has 0 saturated heterocycles. The van der Waals surface area contributed by atoms with E-state index in [0.717, 1.165) is 10.3 Å². The lowest BCUT2D eigenvalue weighted by Gasteiger charge is -1.99. The highest BCUT2D eigenvalue weighted by molar-refractivity contribution is 7.94. The number of nitrogens with zero attached hydrogens (tertiary/aromatic N) is 1. The van der Waals surface area contributed by atoms with Crippen LogP contribution in [-0.4, -0.2) is 25.6 Å². The van der Waals surface area contributed by atoms with Crippen LogP contribution in [0.1, 0.15) is 0 Å². The third kappa shape index (κ3) is 1.29. The van der Waals surface area contributed by atoms with Crippen molar-refractivity contribution in [3.63, 3.8) is 0 Å². The van der Waals surface area contributed by atoms with Crippen molar-refractivity contribution in [2.24, 2.45) is 0 Å². The summed E-state index contributed by atoms with van der Waals surface area (Å²) in [4.78, 5) is 11.0. The molecule has 0 aromatic rings. The Bertz CT molecular complexity index is 241. The molecule has 0 aromatic heterocycles. The first-order valence-electron chi connectivity index (χ1n) is 2.26. The van der Waals surface area contributed by atoms with Crippen LogP contribution in [0, 0.1) is 0 Å². The van der Waals surface area contributed by atoms with Crippen LogP contribution in [0.2, 0.25) is 0 Å². The molecular formula is C4H5NO3S. The topological polar surface area (TPSA) is 54.5 Å². The lowest BCUT2D eigenvalue weighted by atomic mass is 10.8. The van der Waals surface area contributed by atoms with Crippen LogP contribution in [0.3, 0.4) is 0 Å². The second kappa shape index (κ2) is 1.84. The van der Waals surface area contributed by atoms with E-state index in [1.807, 2.05) is 0 Å². The molecule has 4 nitrogen and oxygen atoms in total. The number of rotatable bonds is 1. The van der Waals surface area contributed by atoms with Crippen molar-refractivity contribution < 1.29 is 13.2 Å². The lowest BCUT2D eigenvalue weighted by molar-refractivity contribution is -0.115. The zero-order valence-corrected chi connectivity index (χ0v) is 5.34. The molecule has 0 aromatic carbocycles. The summed E-state index contributed by atoms with van der Waals surface area (Å²) in [5.41, 5.74) is 0. The Morgan fingerprint density at radius 3 is 2.44 bits per heavy atom. The predicted molar refractivity (Wildman–Crippen MR) is 30.8 cm³/mol. The highest BCUT2D eigenvalue weighted by Crippen LogP contribution is 2.04. The van der Waals surface area contributed by atoms with Gasteiger partial charge in [0.2, 0.25) is 6.41 Å². The van der Waals surface area contributed by atoms with E-state index >= 15 is 0 Å². The van der Waals surface area contributed by atoms with Gasteiger partial charge < -0.3 is 4.90 Å². The minimum atomic E-state index is -3.09. The van der Waals surface area contributed by atoms with Gasteiger partial charge in [-0.1, -0.05) is 0 Å². The van der Waals surface area contributed by atoms with Crippen molar-refractivity contribution in [1.29, 1.82) is 0 Å². The van der Waals surface area contributed by atoms with Crippen molar-refractivity contribution in [3.05, 3.63) is 11.6 Å². The smallest absolute Gasteiger partial charge is 0.214 e. The van der Waals surface area contributed by atoms with Crippen LogP contribution in [-0.2, 0) is 14.6 Å². The van der Waals surface area contributed by atoms with Gasteiger partial charge in [-0.2, -0.15) is 0 Å². The third-order valence-electron chi connectivity index (χ3n) is 0.924. The van der Waals surface area contributed by atoms with Gasteiger partial charge >= 0.3 is 0 Å². The van der Waals surface area contributed by atoms with Crippen molar-refractivity contribution in [2.75, 3.05) is 5.88 Å². The summed E-state index contributed by atoms with van der Waals surface area (Å²) in [6, 6.07) is 0. The number of sulfone groups is 1. The Balaban J connectivity index is 2.83. The first-order valence-corrected chi connectivity index (χ1v) is 3.97. The molecule has 1 rings (SSSR count). The van der Waals surface area contributed by atoms with E-state index in [2.05, 4.69) is 0 Å².